The molecule has 0 amide bonds. The standard InChI is InChI=1S/C7H8NO2S.Na/c1-6-4-2-3-5-7(6)11(8,9)10;/h2-4H,1H3,(H2,8,9,10);/q-1;+1. The summed E-state index contributed by atoms with van der Waals surface area (Å²) in [5.74, 6) is 0. The molecule has 1 aromatic carbocycles. The van der Waals surface area contributed by atoms with Crippen molar-refractivity contribution in [1.29, 1.82) is 0 Å². The van der Waals surface area contributed by atoms with Crippen LogP contribution in [0.2, 0.25) is 0 Å². The molecule has 0 aliphatic heterocycles. The Balaban J connectivity index is 0.00000121. The molecule has 2 N–H and O–H groups in total. The second-order valence-electron chi connectivity index (χ2n) is 2.23. The van der Waals surface area contributed by atoms with Crippen molar-refractivity contribution in [1.82, 2.24) is 0 Å². The van der Waals surface area contributed by atoms with Crippen molar-refractivity contribution in [3.63, 3.8) is 0 Å². The molecule has 0 aliphatic carbocycles. The third-order valence-corrected chi connectivity index (χ3v) is 2.31. The molecular weight excluding hydrogens is 185 g/mol. The van der Waals surface area contributed by atoms with Gasteiger partial charge in [0.25, 0.3) is 0 Å². The van der Waals surface area contributed by atoms with Crippen LogP contribution in [-0.4, -0.2) is 8.42 Å². The van der Waals surface area contributed by atoms with Gasteiger partial charge in [-0.3, -0.25) is 0 Å². The van der Waals surface area contributed by atoms with Crippen molar-refractivity contribution in [3.8, 4) is 0 Å². The number of primary sulfonamides is 1. The normalized spacial score (nSPS) is 10.5. The third kappa shape index (κ3) is 2.88. The van der Waals surface area contributed by atoms with E-state index in [-0.39, 0.29) is 34.5 Å². The van der Waals surface area contributed by atoms with Gasteiger partial charge in [-0.2, -0.15) is 24.3 Å². The first-order valence-corrected chi connectivity index (χ1v) is 4.56. The van der Waals surface area contributed by atoms with Gasteiger partial charge in [0.05, 0.1) is 0 Å². The average Bonchev–Trinajstić information content (AvgIpc) is 1.86. The van der Waals surface area contributed by atoms with Gasteiger partial charge in [-0.05, 0) is 4.90 Å². The zero-order chi connectivity index (χ0) is 8.48. The number of aryl methyl sites for hydroxylation is 1. The molecule has 0 heterocycles. The molecule has 0 radical (unpaired) electrons. The monoisotopic (exact) mass is 193 g/mol. The predicted molar refractivity (Wildman–Crippen MR) is 41.4 cm³/mol. The molecular formula is C7H8NNaO2S. The quantitative estimate of drug-likeness (QED) is 0.394. The number of hydrogen-bond acceptors (Lipinski definition) is 2. The maximum absolute atomic E-state index is 10.8. The van der Waals surface area contributed by atoms with E-state index in [1.54, 1.807) is 19.1 Å². The summed E-state index contributed by atoms with van der Waals surface area (Å²) in [5, 5.41) is 4.90. The van der Waals surface area contributed by atoms with Crippen LogP contribution in [0.5, 0.6) is 0 Å². The number of rotatable bonds is 1. The van der Waals surface area contributed by atoms with Gasteiger partial charge in [-0.15, -0.1) is 5.56 Å². The zero-order valence-electron chi connectivity index (χ0n) is 7.03. The van der Waals surface area contributed by atoms with Crippen LogP contribution in [0.25, 0.3) is 0 Å². The van der Waals surface area contributed by atoms with Crippen molar-refractivity contribution in [2.24, 2.45) is 5.14 Å². The van der Waals surface area contributed by atoms with Crippen molar-refractivity contribution in [2.45, 2.75) is 11.8 Å². The molecule has 0 bridgehead atoms. The molecule has 0 aliphatic rings. The Hall–Kier alpha value is 0.130. The molecule has 0 saturated heterocycles. The minimum atomic E-state index is -3.59. The van der Waals surface area contributed by atoms with E-state index < -0.39 is 10.0 Å². The van der Waals surface area contributed by atoms with Crippen LogP contribution in [-0.2, 0) is 10.0 Å². The summed E-state index contributed by atoms with van der Waals surface area (Å²) in [6.45, 7) is 1.68. The fourth-order valence-corrected chi connectivity index (χ4v) is 1.56. The summed E-state index contributed by atoms with van der Waals surface area (Å²) in [6, 6.07) is 7.47. The van der Waals surface area contributed by atoms with E-state index in [0.29, 0.717) is 5.56 Å². The maximum atomic E-state index is 10.8. The second-order valence-corrected chi connectivity index (χ2v) is 3.73. The molecule has 5 heteroatoms. The van der Waals surface area contributed by atoms with Gasteiger partial charge in [0.1, 0.15) is 0 Å². The molecule has 1 rings (SSSR count). The van der Waals surface area contributed by atoms with E-state index in [4.69, 9.17) is 5.14 Å². The van der Waals surface area contributed by atoms with Crippen LogP contribution >= 0.6 is 0 Å². The van der Waals surface area contributed by atoms with E-state index >= 15 is 0 Å². The van der Waals surface area contributed by atoms with Crippen molar-refractivity contribution in [2.75, 3.05) is 0 Å². The van der Waals surface area contributed by atoms with Gasteiger partial charge in [-0.1, -0.05) is 6.92 Å². The summed E-state index contributed by atoms with van der Waals surface area (Å²) in [4.78, 5) is 0.0694. The van der Waals surface area contributed by atoms with E-state index in [9.17, 15) is 8.42 Å². The van der Waals surface area contributed by atoms with E-state index in [0.717, 1.165) is 0 Å². The Labute approximate surface area is 94.3 Å². The van der Waals surface area contributed by atoms with Gasteiger partial charge in [-0.25, -0.2) is 13.6 Å². The molecule has 0 aromatic heterocycles. The first kappa shape index (κ1) is 12.1. The summed E-state index contributed by atoms with van der Waals surface area (Å²) in [7, 11) is -3.59. The summed E-state index contributed by atoms with van der Waals surface area (Å²) >= 11 is 0. The Morgan fingerprint density at radius 2 is 2.08 bits per heavy atom. The minimum Gasteiger partial charge on any atom is -0.226 e. The Morgan fingerprint density at radius 1 is 1.50 bits per heavy atom. The molecule has 0 atom stereocenters. The summed E-state index contributed by atoms with van der Waals surface area (Å²) in [5.41, 5.74) is 0.620. The van der Waals surface area contributed by atoms with Crippen LogP contribution in [0.1, 0.15) is 5.56 Å². The predicted octanol–water partition coefficient (Wildman–Crippen LogP) is -2.55. The van der Waals surface area contributed by atoms with Crippen molar-refractivity contribution in [3.05, 3.63) is 29.8 Å². The number of sulfonamides is 1. The molecule has 1 aromatic rings. The van der Waals surface area contributed by atoms with E-state index in [2.05, 4.69) is 6.07 Å². The molecule has 0 saturated carbocycles. The van der Waals surface area contributed by atoms with Crippen LogP contribution in [0.15, 0.2) is 23.1 Å². The first-order chi connectivity index (χ1) is 5.02. The largest absolute Gasteiger partial charge is 1.00 e. The molecule has 0 fully saturated rings. The molecule has 60 valence electrons. The van der Waals surface area contributed by atoms with Crippen molar-refractivity contribution >= 4 is 10.0 Å². The number of nitrogens with two attached hydrogens (primary N) is 1. The van der Waals surface area contributed by atoms with Gasteiger partial charge in [0, 0.05) is 0 Å². The Morgan fingerprint density at radius 3 is 2.42 bits per heavy atom. The fraction of sp³-hybridized carbons (Fsp3) is 0.143. The first-order valence-electron chi connectivity index (χ1n) is 3.02. The van der Waals surface area contributed by atoms with Gasteiger partial charge in [0.15, 0.2) is 0 Å². The SMILES string of the molecule is Cc1ccc[c-]c1S(N)(=O)=O.[Na+]. The second kappa shape index (κ2) is 4.39. The Kier molecular flexibility index (Phi) is 4.44. The van der Waals surface area contributed by atoms with E-state index in [1.807, 2.05) is 0 Å². The van der Waals surface area contributed by atoms with Crippen molar-refractivity contribution < 1.29 is 38.0 Å². The summed E-state index contributed by atoms with van der Waals surface area (Å²) in [6.07, 6.45) is 0. The molecule has 0 spiro atoms. The molecule has 3 nitrogen and oxygen atoms in total. The molecule has 0 unspecified atom stereocenters. The topological polar surface area (TPSA) is 60.2 Å². The van der Waals surface area contributed by atoms with Crippen LogP contribution in [0, 0.1) is 13.0 Å². The zero-order valence-corrected chi connectivity index (χ0v) is 9.85. The van der Waals surface area contributed by atoms with Gasteiger partial charge >= 0.3 is 29.6 Å². The van der Waals surface area contributed by atoms with Gasteiger partial charge < -0.3 is 0 Å². The smallest absolute Gasteiger partial charge is 0.226 e. The van der Waals surface area contributed by atoms with E-state index in [1.165, 1.54) is 6.07 Å². The van der Waals surface area contributed by atoms with Crippen LogP contribution in [0.4, 0.5) is 0 Å². The van der Waals surface area contributed by atoms with Crippen LogP contribution < -0.4 is 34.7 Å². The maximum Gasteiger partial charge on any atom is 1.00 e. The number of benzene rings is 1. The minimum absolute atomic E-state index is 0. The molecule has 12 heavy (non-hydrogen) atoms. The Bertz CT molecular complexity index is 361. The number of hydrogen-bond donors (Lipinski definition) is 1. The third-order valence-electron chi connectivity index (χ3n) is 1.30. The average molecular weight is 193 g/mol. The van der Waals surface area contributed by atoms with Gasteiger partial charge in [0.2, 0.25) is 10.0 Å². The van der Waals surface area contributed by atoms with Crippen LogP contribution in [0.3, 0.4) is 0 Å². The fourth-order valence-electron chi connectivity index (χ4n) is 0.812. The summed E-state index contributed by atoms with van der Waals surface area (Å²) < 4.78 is 21.6.